The molecule has 3 aromatic carbocycles. The predicted octanol–water partition coefficient (Wildman–Crippen LogP) is 5.00. The molecule has 5 rings (SSSR count). The average Bonchev–Trinajstić information content (AvgIpc) is 3.28. The monoisotopic (exact) mass is 451 g/mol. The van der Waals surface area contributed by atoms with Crippen LogP contribution in [0.5, 0.6) is 0 Å². The average molecular weight is 451 g/mol. The first-order chi connectivity index (χ1) is 16.6. The molecule has 1 N–H and O–H groups in total. The van der Waals surface area contributed by atoms with Gasteiger partial charge < -0.3 is 4.42 Å². The number of anilines is 1. The van der Waals surface area contributed by atoms with E-state index in [2.05, 4.69) is 15.6 Å². The van der Waals surface area contributed by atoms with Crippen LogP contribution in [0.25, 0.3) is 27.9 Å². The molecule has 0 aliphatic rings. The lowest BCUT2D eigenvalue weighted by atomic mass is 10.1. The van der Waals surface area contributed by atoms with Gasteiger partial charge in [-0.05, 0) is 30.3 Å². The van der Waals surface area contributed by atoms with Gasteiger partial charge in [0, 0.05) is 29.3 Å². The lowest BCUT2D eigenvalue weighted by molar-refractivity contribution is -0.384. The number of hydrogen-bond acceptors (Lipinski definition) is 7. The third-order valence-electron chi connectivity index (χ3n) is 5.11. The molecule has 166 valence electrons. The fraction of sp³-hybridized carbons (Fsp3) is 0. The van der Waals surface area contributed by atoms with Gasteiger partial charge in [-0.1, -0.05) is 42.5 Å². The maximum atomic E-state index is 12.8. The Morgan fingerprint density at radius 1 is 1.00 bits per heavy atom. The van der Waals surface area contributed by atoms with Crippen molar-refractivity contribution in [2.75, 3.05) is 5.43 Å². The van der Waals surface area contributed by atoms with Gasteiger partial charge in [0.05, 0.1) is 28.1 Å². The zero-order valence-electron chi connectivity index (χ0n) is 17.7. The summed E-state index contributed by atoms with van der Waals surface area (Å²) in [5.41, 5.74) is 5.22. The molecule has 0 unspecified atom stereocenters. The highest BCUT2D eigenvalue weighted by Gasteiger charge is 2.16. The van der Waals surface area contributed by atoms with Crippen molar-refractivity contribution < 1.29 is 9.34 Å². The quantitative estimate of drug-likeness (QED) is 0.168. The Kier molecular flexibility index (Phi) is 5.41. The molecule has 0 atom stereocenters. The second kappa shape index (κ2) is 8.83. The first-order valence-electron chi connectivity index (χ1n) is 10.3. The molecule has 0 saturated carbocycles. The van der Waals surface area contributed by atoms with Crippen LogP contribution in [0.1, 0.15) is 5.56 Å². The first-order valence-corrected chi connectivity index (χ1v) is 10.3. The number of nitro groups is 1. The van der Waals surface area contributed by atoms with Gasteiger partial charge >= 0.3 is 5.63 Å². The summed E-state index contributed by atoms with van der Waals surface area (Å²) in [6.45, 7) is 0. The van der Waals surface area contributed by atoms with Crippen LogP contribution in [0.3, 0.4) is 0 Å². The highest BCUT2D eigenvalue weighted by atomic mass is 16.6. The second-order valence-corrected chi connectivity index (χ2v) is 7.38. The SMILES string of the molecule is O=c1oc2ccccc2cc1-c1nn(-c2ccccc2)cc1C=NNc1cccc([N+](=O)[O-])c1. The number of non-ortho nitro benzene ring substituents is 1. The molecule has 9 heteroatoms. The van der Waals surface area contributed by atoms with Crippen molar-refractivity contribution in [3.63, 3.8) is 0 Å². The van der Waals surface area contributed by atoms with Gasteiger partial charge in [-0.3, -0.25) is 15.5 Å². The minimum absolute atomic E-state index is 0.0495. The lowest BCUT2D eigenvalue weighted by Gasteiger charge is -2.02. The highest BCUT2D eigenvalue weighted by molar-refractivity contribution is 5.91. The molecule has 0 radical (unpaired) electrons. The van der Waals surface area contributed by atoms with Crippen LogP contribution in [0.15, 0.2) is 105 Å². The van der Waals surface area contributed by atoms with Gasteiger partial charge in [-0.15, -0.1) is 0 Å². The van der Waals surface area contributed by atoms with E-state index >= 15 is 0 Å². The Bertz CT molecular complexity index is 1590. The molecule has 0 spiro atoms. The first kappa shape index (κ1) is 20.8. The molecule has 5 aromatic rings. The van der Waals surface area contributed by atoms with E-state index in [1.807, 2.05) is 42.5 Å². The Labute approximate surface area is 192 Å². The van der Waals surface area contributed by atoms with Crippen molar-refractivity contribution in [2.24, 2.45) is 5.10 Å². The number of nitrogens with zero attached hydrogens (tertiary/aromatic N) is 4. The molecule has 9 nitrogen and oxygen atoms in total. The molecule has 2 heterocycles. The van der Waals surface area contributed by atoms with E-state index in [0.717, 1.165) is 11.1 Å². The maximum Gasteiger partial charge on any atom is 0.345 e. The summed E-state index contributed by atoms with van der Waals surface area (Å²) in [5.74, 6) is 0. The molecular weight excluding hydrogens is 434 g/mol. The molecule has 0 aliphatic carbocycles. The molecule has 34 heavy (non-hydrogen) atoms. The van der Waals surface area contributed by atoms with Crippen molar-refractivity contribution in [1.82, 2.24) is 9.78 Å². The largest absolute Gasteiger partial charge is 0.422 e. The third kappa shape index (κ3) is 4.17. The van der Waals surface area contributed by atoms with E-state index in [4.69, 9.17) is 4.42 Å². The zero-order chi connectivity index (χ0) is 23.5. The smallest absolute Gasteiger partial charge is 0.345 e. The number of fused-ring (bicyclic) bond motifs is 1. The van der Waals surface area contributed by atoms with E-state index in [9.17, 15) is 14.9 Å². The van der Waals surface area contributed by atoms with Crippen molar-refractivity contribution >= 4 is 28.6 Å². The second-order valence-electron chi connectivity index (χ2n) is 7.38. The van der Waals surface area contributed by atoms with E-state index in [1.165, 1.54) is 18.3 Å². The number of hydrogen-bond donors (Lipinski definition) is 1. The van der Waals surface area contributed by atoms with Crippen molar-refractivity contribution in [1.29, 1.82) is 0 Å². The Balaban J connectivity index is 1.56. The number of para-hydroxylation sites is 2. The normalized spacial score (nSPS) is 11.2. The van der Waals surface area contributed by atoms with Gasteiger partial charge in [0.15, 0.2) is 0 Å². The minimum Gasteiger partial charge on any atom is -0.422 e. The number of hydrazone groups is 1. The van der Waals surface area contributed by atoms with E-state index in [-0.39, 0.29) is 5.69 Å². The standard InChI is InChI=1S/C25H17N5O4/c31-25-22(13-17-7-4-5-12-23(17)34-25)24-18(16-29(28-24)20-9-2-1-3-10-20)15-26-27-19-8-6-11-21(14-19)30(32)33/h1-16,27H. The summed E-state index contributed by atoms with van der Waals surface area (Å²) < 4.78 is 7.15. The van der Waals surface area contributed by atoms with Gasteiger partial charge in [0.2, 0.25) is 0 Å². The Morgan fingerprint density at radius 2 is 1.79 bits per heavy atom. The Morgan fingerprint density at radius 3 is 2.62 bits per heavy atom. The topological polar surface area (TPSA) is 116 Å². The van der Waals surface area contributed by atoms with E-state index in [0.29, 0.717) is 28.1 Å². The minimum atomic E-state index is -0.515. The summed E-state index contributed by atoms with van der Waals surface area (Å²) in [7, 11) is 0. The summed E-state index contributed by atoms with van der Waals surface area (Å²) in [4.78, 5) is 23.3. The van der Waals surface area contributed by atoms with Crippen molar-refractivity contribution in [2.45, 2.75) is 0 Å². The van der Waals surface area contributed by atoms with E-state index < -0.39 is 10.5 Å². The number of benzene rings is 3. The Hall–Kier alpha value is -5.05. The van der Waals surface area contributed by atoms with E-state index in [1.54, 1.807) is 41.2 Å². The van der Waals surface area contributed by atoms with Gasteiger partial charge in [0.25, 0.3) is 5.69 Å². The summed E-state index contributed by atoms with van der Waals surface area (Å²) in [6, 6.07) is 24.4. The number of nitro benzene ring substituents is 1. The van der Waals surface area contributed by atoms with Crippen molar-refractivity contribution in [3.8, 4) is 16.9 Å². The fourth-order valence-electron chi connectivity index (χ4n) is 3.50. The fourth-order valence-corrected chi connectivity index (χ4v) is 3.50. The van der Waals surface area contributed by atoms with Gasteiger partial charge in [-0.2, -0.15) is 10.2 Å². The lowest BCUT2D eigenvalue weighted by Crippen LogP contribution is -2.05. The van der Waals surface area contributed by atoms with Crippen LogP contribution in [0.4, 0.5) is 11.4 Å². The third-order valence-corrected chi connectivity index (χ3v) is 5.11. The predicted molar refractivity (Wildman–Crippen MR) is 129 cm³/mol. The number of nitrogens with one attached hydrogen (secondary N) is 1. The summed E-state index contributed by atoms with van der Waals surface area (Å²) >= 11 is 0. The van der Waals surface area contributed by atoms with Crippen LogP contribution in [0, 0.1) is 10.1 Å². The van der Waals surface area contributed by atoms with Gasteiger partial charge in [-0.25, -0.2) is 9.48 Å². The maximum absolute atomic E-state index is 12.8. The van der Waals surface area contributed by atoms with Crippen LogP contribution < -0.4 is 11.1 Å². The zero-order valence-corrected chi connectivity index (χ0v) is 17.7. The van der Waals surface area contributed by atoms with Gasteiger partial charge in [0.1, 0.15) is 11.3 Å². The van der Waals surface area contributed by atoms with Crippen molar-refractivity contribution in [3.05, 3.63) is 117 Å². The summed E-state index contributed by atoms with van der Waals surface area (Å²) in [6.07, 6.45) is 3.26. The molecule has 0 amide bonds. The highest BCUT2D eigenvalue weighted by Crippen LogP contribution is 2.24. The molecule has 0 saturated heterocycles. The molecule has 0 aliphatic heterocycles. The summed E-state index contributed by atoms with van der Waals surface area (Å²) in [5, 5.41) is 20.6. The van der Waals surface area contributed by atoms with Crippen LogP contribution in [0.2, 0.25) is 0 Å². The van der Waals surface area contributed by atoms with Crippen LogP contribution in [-0.2, 0) is 0 Å². The number of aromatic nitrogens is 2. The molecular formula is C25H17N5O4. The van der Waals surface area contributed by atoms with Crippen LogP contribution >= 0.6 is 0 Å². The number of rotatable bonds is 6. The molecule has 0 fully saturated rings. The molecule has 2 aromatic heterocycles. The molecule has 0 bridgehead atoms. The van der Waals surface area contributed by atoms with Crippen LogP contribution in [-0.4, -0.2) is 20.9 Å².